The van der Waals surface area contributed by atoms with Crippen molar-refractivity contribution in [2.45, 2.75) is 45.7 Å². The van der Waals surface area contributed by atoms with Gasteiger partial charge in [0.15, 0.2) is 0 Å². The molecule has 5 heteroatoms. The predicted molar refractivity (Wildman–Crippen MR) is 76.4 cm³/mol. The maximum atomic E-state index is 12.1. The number of nitrogens with one attached hydrogen (secondary N) is 1. The maximum Gasteiger partial charge on any atom is 0.276 e. The lowest BCUT2D eigenvalue weighted by molar-refractivity contribution is 0.482. The SMILES string of the molecule is CCNC(C)CCCCn1ccn2nccc2c1=O. The van der Waals surface area contributed by atoms with Crippen LogP contribution in [0.3, 0.4) is 0 Å². The van der Waals surface area contributed by atoms with E-state index in [2.05, 4.69) is 24.3 Å². The molecule has 1 N–H and O–H groups in total. The van der Waals surface area contributed by atoms with Gasteiger partial charge in [0.25, 0.3) is 5.56 Å². The number of rotatable bonds is 7. The number of hydrogen-bond acceptors (Lipinski definition) is 3. The first-order valence-electron chi connectivity index (χ1n) is 6.98. The Hall–Kier alpha value is -1.62. The molecule has 5 nitrogen and oxygen atoms in total. The van der Waals surface area contributed by atoms with E-state index in [0.29, 0.717) is 11.6 Å². The number of aromatic nitrogens is 3. The molecule has 2 aromatic rings. The van der Waals surface area contributed by atoms with Gasteiger partial charge < -0.3 is 9.88 Å². The number of fused-ring (bicyclic) bond motifs is 1. The summed E-state index contributed by atoms with van der Waals surface area (Å²) in [5, 5.41) is 7.45. The topological polar surface area (TPSA) is 51.3 Å². The van der Waals surface area contributed by atoms with E-state index < -0.39 is 0 Å². The van der Waals surface area contributed by atoms with Crippen molar-refractivity contribution in [3.63, 3.8) is 0 Å². The molecule has 0 aromatic carbocycles. The number of nitrogens with zero attached hydrogens (tertiary/aromatic N) is 3. The molecule has 2 rings (SSSR count). The smallest absolute Gasteiger partial charge is 0.276 e. The molecule has 0 amide bonds. The average Bonchev–Trinajstić information content (AvgIpc) is 2.86. The van der Waals surface area contributed by atoms with Gasteiger partial charge in [0.2, 0.25) is 0 Å². The normalized spacial score (nSPS) is 12.9. The van der Waals surface area contributed by atoms with Gasteiger partial charge in [-0.3, -0.25) is 4.79 Å². The van der Waals surface area contributed by atoms with E-state index in [0.717, 1.165) is 32.4 Å². The van der Waals surface area contributed by atoms with E-state index in [4.69, 9.17) is 0 Å². The quantitative estimate of drug-likeness (QED) is 0.772. The Kier molecular flexibility index (Phi) is 4.74. The van der Waals surface area contributed by atoms with Crippen LogP contribution < -0.4 is 10.9 Å². The highest BCUT2D eigenvalue weighted by Gasteiger charge is 2.03. The van der Waals surface area contributed by atoms with Crippen LogP contribution in [0.25, 0.3) is 5.52 Å². The van der Waals surface area contributed by atoms with E-state index in [1.807, 2.05) is 12.4 Å². The molecule has 0 spiro atoms. The lowest BCUT2D eigenvalue weighted by atomic mass is 10.1. The van der Waals surface area contributed by atoms with Crippen molar-refractivity contribution < 1.29 is 0 Å². The third kappa shape index (κ3) is 3.44. The van der Waals surface area contributed by atoms with Crippen LogP contribution in [0.4, 0.5) is 0 Å². The summed E-state index contributed by atoms with van der Waals surface area (Å²) in [5.74, 6) is 0. The number of hydrogen-bond donors (Lipinski definition) is 1. The van der Waals surface area contributed by atoms with E-state index in [-0.39, 0.29) is 5.56 Å². The first kappa shape index (κ1) is 13.8. The van der Waals surface area contributed by atoms with Gasteiger partial charge in [0.05, 0.1) is 6.20 Å². The van der Waals surface area contributed by atoms with Crippen molar-refractivity contribution in [2.75, 3.05) is 6.54 Å². The van der Waals surface area contributed by atoms with Crippen molar-refractivity contribution >= 4 is 5.52 Å². The molecule has 2 aromatic heterocycles. The van der Waals surface area contributed by atoms with Crippen LogP contribution in [0.15, 0.2) is 29.5 Å². The third-order valence-electron chi connectivity index (χ3n) is 3.38. The monoisotopic (exact) mass is 262 g/mol. The molecule has 0 aliphatic rings. The highest BCUT2D eigenvalue weighted by molar-refractivity contribution is 5.42. The van der Waals surface area contributed by atoms with Crippen molar-refractivity contribution in [2.24, 2.45) is 0 Å². The molecule has 2 heterocycles. The zero-order valence-electron chi connectivity index (χ0n) is 11.7. The van der Waals surface area contributed by atoms with Crippen LogP contribution in [0.2, 0.25) is 0 Å². The molecule has 104 valence electrons. The van der Waals surface area contributed by atoms with Crippen molar-refractivity contribution in [3.8, 4) is 0 Å². The molecule has 0 aliphatic carbocycles. The zero-order valence-corrected chi connectivity index (χ0v) is 11.7. The van der Waals surface area contributed by atoms with Gasteiger partial charge in [0, 0.05) is 25.0 Å². The molecular formula is C14H22N4O. The van der Waals surface area contributed by atoms with Gasteiger partial charge in [-0.25, -0.2) is 4.52 Å². The molecule has 0 fully saturated rings. The summed E-state index contributed by atoms with van der Waals surface area (Å²) in [6.45, 7) is 6.11. The molecule has 1 atom stereocenters. The lowest BCUT2D eigenvalue weighted by Gasteiger charge is -2.12. The molecule has 0 aliphatic heterocycles. The van der Waals surface area contributed by atoms with Crippen LogP contribution in [-0.2, 0) is 6.54 Å². The van der Waals surface area contributed by atoms with Gasteiger partial charge in [-0.15, -0.1) is 0 Å². The van der Waals surface area contributed by atoms with Crippen LogP contribution in [0.5, 0.6) is 0 Å². The third-order valence-corrected chi connectivity index (χ3v) is 3.38. The Morgan fingerprint density at radius 1 is 1.37 bits per heavy atom. The van der Waals surface area contributed by atoms with E-state index >= 15 is 0 Å². The number of unbranched alkanes of at least 4 members (excludes halogenated alkanes) is 1. The van der Waals surface area contributed by atoms with Crippen LogP contribution in [0.1, 0.15) is 33.1 Å². The summed E-state index contributed by atoms with van der Waals surface area (Å²) in [6.07, 6.45) is 8.61. The number of aryl methyl sites for hydroxylation is 1. The van der Waals surface area contributed by atoms with Crippen LogP contribution in [-0.4, -0.2) is 26.8 Å². The van der Waals surface area contributed by atoms with Gasteiger partial charge in [-0.05, 0) is 32.4 Å². The highest BCUT2D eigenvalue weighted by atomic mass is 16.1. The second-order valence-corrected chi connectivity index (χ2v) is 4.91. The fourth-order valence-electron chi connectivity index (χ4n) is 2.32. The summed E-state index contributed by atoms with van der Waals surface area (Å²) >= 11 is 0. The Bertz CT molecular complexity index is 572. The molecule has 0 radical (unpaired) electrons. The maximum absolute atomic E-state index is 12.1. The summed E-state index contributed by atoms with van der Waals surface area (Å²) in [7, 11) is 0. The molecule has 0 saturated heterocycles. The zero-order chi connectivity index (χ0) is 13.7. The minimum absolute atomic E-state index is 0.0414. The minimum atomic E-state index is 0.0414. The summed E-state index contributed by atoms with van der Waals surface area (Å²) in [5.41, 5.74) is 0.684. The summed E-state index contributed by atoms with van der Waals surface area (Å²) < 4.78 is 3.39. The molecular weight excluding hydrogens is 240 g/mol. The van der Waals surface area contributed by atoms with Crippen molar-refractivity contribution in [3.05, 3.63) is 35.0 Å². The standard InChI is InChI=1S/C14H22N4O/c1-3-15-12(2)6-4-5-9-17-10-11-18-13(14(17)19)7-8-16-18/h7-8,10-12,15H,3-6,9H2,1-2H3. The second-order valence-electron chi connectivity index (χ2n) is 4.91. The van der Waals surface area contributed by atoms with E-state index in [1.165, 1.54) is 0 Å². The second kappa shape index (κ2) is 6.52. The van der Waals surface area contributed by atoms with Crippen LogP contribution in [0, 0.1) is 0 Å². The predicted octanol–water partition coefficient (Wildman–Crippen LogP) is 1.66. The Morgan fingerprint density at radius 3 is 3.00 bits per heavy atom. The molecule has 0 bridgehead atoms. The van der Waals surface area contributed by atoms with Gasteiger partial charge >= 0.3 is 0 Å². The summed E-state index contributed by atoms with van der Waals surface area (Å²) in [4.78, 5) is 12.1. The fourth-order valence-corrected chi connectivity index (χ4v) is 2.32. The van der Waals surface area contributed by atoms with Gasteiger partial charge in [0.1, 0.15) is 5.52 Å². The minimum Gasteiger partial charge on any atom is -0.315 e. The Balaban J connectivity index is 1.88. The van der Waals surface area contributed by atoms with Crippen LogP contribution >= 0.6 is 0 Å². The fraction of sp³-hybridized carbons (Fsp3) is 0.571. The highest BCUT2D eigenvalue weighted by Crippen LogP contribution is 2.02. The largest absolute Gasteiger partial charge is 0.315 e. The Morgan fingerprint density at radius 2 is 2.21 bits per heavy atom. The van der Waals surface area contributed by atoms with Gasteiger partial charge in [-0.2, -0.15) is 5.10 Å². The van der Waals surface area contributed by atoms with E-state index in [9.17, 15) is 4.79 Å². The van der Waals surface area contributed by atoms with E-state index in [1.54, 1.807) is 21.3 Å². The first-order valence-corrected chi connectivity index (χ1v) is 6.98. The van der Waals surface area contributed by atoms with Crippen molar-refractivity contribution in [1.29, 1.82) is 0 Å². The van der Waals surface area contributed by atoms with Crippen molar-refractivity contribution in [1.82, 2.24) is 19.5 Å². The molecule has 1 unspecified atom stereocenters. The summed E-state index contributed by atoms with van der Waals surface area (Å²) in [6, 6.07) is 2.31. The average molecular weight is 262 g/mol. The molecule has 19 heavy (non-hydrogen) atoms. The Labute approximate surface area is 113 Å². The lowest BCUT2D eigenvalue weighted by Crippen LogP contribution is -2.25. The first-order chi connectivity index (χ1) is 9.22. The van der Waals surface area contributed by atoms with Gasteiger partial charge in [-0.1, -0.05) is 13.3 Å². The molecule has 0 saturated carbocycles.